The number of para-hydroxylation sites is 1. The van der Waals surface area contributed by atoms with Crippen LogP contribution in [0.15, 0.2) is 72.9 Å². The Bertz CT molecular complexity index is 1340. The molecule has 0 radical (unpaired) electrons. The second kappa shape index (κ2) is 14.1. The number of aromatic nitrogens is 1. The zero-order valence-electron chi connectivity index (χ0n) is 25.1. The standard InChI is InChI=1S/C32H44N6O3/c1-32(2,33)20-12-17-29(39)37(5)28(21-24-22-34-26-16-11-10-15-25(24)26)31(41)38(6)27(30(40)35-36(3)4)19-18-23-13-8-7-9-14-23/h7-17,22,27-28,34H,18-21,33H2,1-6H3,(H,35,40)/b17-12+/t27-,28-/m1/s1. The van der Waals surface area contributed by atoms with Crippen molar-refractivity contribution in [2.24, 2.45) is 5.73 Å². The van der Waals surface area contributed by atoms with Crippen LogP contribution in [0.25, 0.3) is 10.9 Å². The first-order valence-corrected chi connectivity index (χ1v) is 13.9. The fourth-order valence-corrected chi connectivity index (χ4v) is 4.77. The van der Waals surface area contributed by atoms with Crippen LogP contribution >= 0.6 is 0 Å². The minimum atomic E-state index is -0.839. The molecule has 0 spiro atoms. The lowest BCUT2D eigenvalue weighted by atomic mass is 9.99. The molecule has 9 heteroatoms. The summed E-state index contributed by atoms with van der Waals surface area (Å²) >= 11 is 0. The lowest BCUT2D eigenvalue weighted by molar-refractivity contribution is -0.147. The Labute approximate surface area is 243 Å². The summed E-state index contributed by atoms with van der Waals surface area (Å²) in [6.45, 7) is 3.77. The number of aryl methyl sites for hydroxylation is 1. The Morgan fingerprint density at radius 3 is 2.27 bits per heavy atom. The van der Waals surface area contributed by atoms with Gasteiger partial charge in [-0.1, -0.05) is 54.6 Å². The van der Waals surface area contributed by atoms with E-state index in [1.54, 1.807) is 39.3 Å². The molecule has 3 aromatic rings. The van der Waals surface area contributed by atoms with Crippen LogP contribution in [0.1, 0.15) is 37.8 Å². The van der Waals surface area contributed by atoms with E-state index >= 15 is 0 Å². The number of nitrogens with two attached hydrogens (primary N) is 1. The summed E-state index contributed by atoms with van der Waals surface area (Å²) in [5.41, 5.74) is 11.4. The summed E-state index contributed by atoms with van der Waals surface area (Å²) in [4.78, 5) is 47.0. The van der Waals surface area contributed by atoms with E-state index in [0.29, 0.717) is 19.3 Å². The second-order valence-corrected chi connectivity index (χ2v) is 11.5. The molecule has 1 heterocycles. The molecular formula is C32H44N6O3. The Morgan fingerprint density at radius 2 is 1.61 bits per heavy atom. The number of H-pyrrole nitrogens is 1. The SMILES string of the molecule is CN(C)NC(=O)[C@@H](CCc1ccccc1)N(C)C(=O)[C@@H](Cc1c[nH]c2ccccc12)N(C)C(=O)/C=C/CC(C)(C)N. The number of nitrogens with one attached hydrogen (secondary N) is 2. The van der Waals surface area contributed by atoms with Crippen LogP contribution in [0.3, 0.4) is 0 Å². The van der Waals surface area contributed by atoms with Gasteiger partial charge in [-0.15, -0.1) is 0 Å². The fourth-order valence-electron chi connectivity index (χ4n) is 4.77. The van der Waals surface area contributed by atoms with Gasteiger partial charge in [0.25, 0.3) is 5.91 Å². The van der Waals surface area contributed by atoms with Crippen molar-refractivity contribution in [2.75, 3.05) is 28.2 Å². The van der Waals surface area contributed by atoms with Gasteiger partial charge in [-0.2, -0.15) is 0 Å². The van der Waals surface area contributed by atoms with Crippen LogP contribution in [-0.2, 0) is 27.2 Å². The van der Waals surface area contributed by atoms with Gasteiger partial charge in [0, 0.05) is 57.3 Å². The van der Waals surface area contributed by atoms with Crippen molar-refractivity contribution in [2.45, 2.75) is 57.2 Å². The van der Waals surface area contributed by atoms with E-state index in [-0.39, 0.29) is 24.1 Å². The van der Waals surface area contributed by atoms with E-state index < -0.39 is 17.6 Å². The number of aromatic amines is 1. The molecule has 1 aromatic heterocycles. The molecule has 4 N–H and O–H groups in total. The van der Waals surface area contributed by atoms with E-state index in [1.165, 1.54) is 15.9 Å². The number of nitrogens with zero attached hydrogens (tertiary/aromatic N) is 3. The predicted molar refractivity (Wildman–Crippen MR) is 164 cm³/mol. The topological polar surface area (TPSA) is 115 Å². The number of likely N-dealkylation sites (N-methyl/N-ethyl adjacent to an activating group) is 2. The maximum atomic E-state index is 14.2. The maximum Gasteiger partial charge on any atom is 0.257 e. The van der Waals surface area contributed by atoms with Crippen LogP contribution in [0.5, 0.6) is 0 Å². The Balaban J connectivity index is 1.92. The smallest absolute Gasteiger partial charge is 0.257 e. The zero-order chi connectivity index (χ0) is 30.2. The van der Waals surface area contributed by atoms with Gasteiger partial charge in [0.2, 0.25) is 11.8 Å². The molecule has 2 atom stereocenters. The molecule has 220 valence electrons. The van der Waals surface area contributed by atoms with Crippen molar-refractivity contribution in [3.8, 4) is 0 Å². The lowest BCUT2D eigenvalue weighted by Crippen LogP contribution is -2.56. The molecule has 41 heavy (non-hydrogen) atoms. The van der Waals surface area contributed by atoms with E-state index in [0.717, 1.165) is 22.0 Å². The van der Waals surface area contributed by atoms with Crippen LogP contribution < -0.4 is 11.2 Å². The van der Waals surface area contributed by atoms with Gasteiger partial charge in [-0.25, -0.2) is 5.01 Å². The minimum Gasteiger partial charge on any atom is -0.361 e. The molecule has 0 bridgehead atoms. The van der Waals surface area contributed by atoms with E-state index in [1.807, 2.05) is 74.6 Å². The van der Waals surface area contributed by atoms with Crippen molar-refractivity contribution in [1.29, 1.82) is 0 Å². The molecule has 0 fully saturated rings. The predicted octanol–water partition coefficient (Wildman–Crippen LogP) is 3.27. The average Bonchev–Trinajstić information content (AvgIpc) is 3.33. The average molecular weight is 561 g/mol. The number of carbonyl (C=O) groups excluding carboxylic acids is 3. The van der Waals surface area contributed by atoms with Crippen molar-refractivity contribution in [3.63, 3.8) is 0 Å². The summed E-state index contributed by atoms with van der Waals surface area (Å²) in [6, 6.07) is 16.1. The number of benzene rings is 2. The number of hydrazine groups is 1. The van der Waals surface area contributed by atoms with Gasteiger partial charge in [0.15, 0.2) is 0 Å². The summed E-state index contributed by atoms with van der Waals surface area (Å²) in [6.07, 6.45) is 6.92. The molecule has 2 aromatic carbocycles. The highest BCUT2D eigenvalue weighted by Gasteiger charge is 2.35. The maximum absolute atomic E-state index is 14.2. The molecule has 0 aliphatic rings. The highest BCUT2D eigenvalue weighted by atomic mass is 16.2. The Kier molecular flexibility index (Phi) is 10.9. The number of hydrogen-bond acceptors (Lipinski definition) is 5. The summed E-state index contributed by atoms with van der Waals surface area (Å²) in [5.74, 6) is -0.906. The van der Waals surface area contributed by atoms with Crippen LogP contribution in [0.4, 0.5) is 0 Å². The minimum absolute atomic E-state index is 0.284. The molecule has 0 saturated carbocycles. The largest absolute Gasteiger partial charge is 0.361 e. The number of carbonyl (C=O) groups is 3. The highest BCUT2D eigenvalue weighted by molar-refractivity contribution is 5.95. The van der Waals surface area contributed by atoms with E-state index in [2.05, 4.69) is 10.4 Å². The molecular weight excluding hydrogens is 516 g/mol. The third kappa shape index (κ3) is 9.03. The highest BCUT2D eigenvalue weighted by Crippen LogP contribution is 2.22. The first-order chi connectivity index (χ1) is 19.4. The molecule has 3 rings (SSSR count). The third-order valence-corrected chi connectivity index (χ3v) is 7.09. The van der Waals surface area contributed by atoms with Gasteiger partial charge < -0.3 is 20.5 Å². The molecule has 0 unspecified atom stereocenters. The summed E-state index contributed by atoms with van der Waals surface area (Å²) < 4.78 is 0. The van der Waals surface area contributed by atoms with Crippen LogP contribution in [-0.4, -0.2) is 83.3 Å². The number of hydrogen-bond donors (Lipinski definition) is 3. The summed E-state index contributed by atoms with van der Waals surface area (Å²) in [5, 5.41) is 2.55. The van der Waals surface area contributed by atoms with Crippen molar-refractivity contribution < 1.29 is 14.4 Å². The lowest BCUT2D eigenvalue weighted by Gasteiger charge is -2.34. The molecule has 0 saturated heterocycles. The van der Waals surface area contributed by atoms with Crippen molar-refractivity contribution in [1.82, 2.24) is 25.2 Å². The Hall–Kier alpha value is -3.95. The monoisotopic (exact) mass is 560 g/mol. The van der Waals surface area contributed by atoms with Crippen molar-refractivity contribution in [3.05, 3.63) is 84.1 Å². The van der Waals surface area contributed by atoms with Gasteiger partial charge in [0.05, 0.1) is 0 Å². The first kappa shape index (κ1) is 31.6. The second-order valence-electron chi connectivity index (χ2n) is 11.5. The van der Waals surface area contributed by atoms with E-state index in [4.69, 9.17) is 5.73 Å². The fraction of sp³-hybridized carbons (Fsp3) is 0.406. The quantitative estimate of drug-likeness (QED) is 0.219. The van der Waals surface area contributed by atoms with Gasteiger partial charge >= 0.3 is 0 Å². The van der Waals surface area contributed by atoms with Crippen LogP contribution in [0, 0.1) is 0 Å². The molecule has 3 amide bonds. The summed E-state index contributed by atoms with van der Waals surface area (Å²) in [7, 11) is 6.73. The molecule has 0 aliphatic carbocycles. The zero-order valence-corrected chi connectivity index (χ0v) is 25.1. The number of amides is 3. The first-order valence-electron chi connectivity index (χ1n) is 13.9. The molecule has 9 nitrogen and oxygen atoms in total. The van der Waals surface area contributed by atoms with Crippen molar-refractivity contribution >= 4 is 28.6 Å². The van der Waals surface area contributed by atoms with Gasteiger partial charge in [0.1, 0.15) is 12.1 Å². The Morgan fingerprint density at radius 1 is 0.951 bits per heavy atom. The van der Waals surface area contributed by atoms with Crippen LogP contribution in [0.2, 0.25) is 0 Å². The third-order valence-electron chi connectivity index (χ3n) is 7.09. The number of rotatable bonds is 13. The van der Waals surface area contributed by atoms with E-state index in [9.17, 15) is 14.4 Å². The van der Waals surface area contributed by atoms with Gasteiger partial charge in [-0.05, 0) is 56.4 Å². The normalized spacial score (nSPS) is 13.4. The van der Waals surface area contributed by atoms with Gasteiger partial charge in [-0.3, -0.25) is 19.8 Å². The molecule has 0 aliphatic heterocycles. The number of fused-ring (bicyclic) bond motifs is 1.